The van der Waals surface area contributed by atoms with E-state index in [1.165, 1.54) is 21.8 Å². The molecule has 1 heterocycles. The molecule has 128 valence electrons. The fraction of sp³-hybridized carbons (Fsp3) is 0.0476. The molecule has 0 fully saturated rings. The second-order valence-electron chi connectivity index (χ2n) is 6.04. The van der Waals surface area contributed by atoms with Gasteiger partial charge >= 0.3 is 0 Å². The molecule has 0 spiro atoms. The fourth-order valence-electron chi connectivity index (χ4n) is 3.11. The maximum atomic E-state index is 5.26. The maximum Gasteiger partial charge on any atom is 0.191 e. The monoisotopic (exact) mass is 358 g/mol. The molecule has 5 heteroatoms. The van der Waals surface area contributed by atoms with Crippen LogP contribution in [0.3, 0.4) is 0 Å². The van der Waals surface area contributed by atoms with Crippen molar-refractivity contribution in [1.29, 1.82) is 0 Å². The minimum Gasteiger partial charge on any atom is -0.344 e. The van der Waals surface area contributed by atoms with Crippen LogP contribution in [-0.2, 0) is 7.05 Å². The average Bonchev–Trinajstić information content (AvgIpc) is 2.95. The number of hydrogen-bond donors (Lipinski definition) is 2. The summed E-state index contributed by atoms with van der Waals surface area (Å²) in [5, 5.41) is 10.3. The predicted molar refractivity (Wildman–Crippen MR) is 114 cm³/mol. The number of nitrogens with zero attached hydrogens (tertiary/aromatic N) is 2. The highest BCUT2D eigenvalue weighted by Crippen LogP contribution is 2.28. The van der Waals surface area contributed by atoms with E-state index in [0.29, 0.717) is 5.11 Å². The predicted octanol–water partition coefficient (Wildman–Crippen LogP) is 4.65. The number of thiocarbonyl (C=S) groups is 1. The summed E-state index contributed by atoms with van der Waals surface area (Å²) < 4.78 is 2.21. The van der Waals surface area contributed by atoms with Gasteiger partial charge in [-0.1, -0.05) is 42.5 Å². The van der Waals surface area contributed by atoms with Crippen molar-refractivity contribution in [3.05, 3.63) is 78.4 Å². The minimum atomic E-state index is 0.457. The summed E-state index contributed by atoms with van der Waals surface area (Å²) in [7, 11) is 2.09. The SMILES string of the molecule is Cn1c2ccccc2c2cc(C=NNC(=S)Nc3ccccc3)ccc21. The van der Waals surface area contributed by atoms with Crippen molar-refractivity contribution in [2.24, 2.45) is 12.1 Å². The Morgan fingerprint density at radius 1 is 0.923 bits per heavy atom. The van der Waals surface area contributed by atoms with Crippen LogP contribution in [0.2, 0.25) is 0 Å². The van der Waals surface area contributed by atoms with Gasteiger partial charge in [-0.25, -0.2) is 0 Å². The zero-order valence-electron chi connectivity index (χ0n) is 14.3. The first-order valence-corrected chi connectivity index (χ1v) is 8.75. The van der Waals surface area contributed by atoms with Gasteiger partial charge in [0.1, 0.15) is 0 Å². The highest BCUT2D eigenvalue weighted by molar-refractivity contribution is 7.80. The lowest BCUT2D eigenvalue weighted by Gasteiger charge is -2.06. The molecule has 4 rings (SSSR count). The number of rotatable bonds is 3. The van der Waals surface area contributed by atoms with Crippen LogP contribution in [0.5, 0.6) is 0 Å². The van der Waals surface area contributed by atoms with E-state index in [1.807, 2.05) is 30.3 Å². The van der Waals surface area contributed by atoms with E-state index in [-0.39, 0.29) is 0 Å². The summed E-state index contributed by atoms with van der Waals surface area (Å²) in [6.07, 6.45) is 1.78. The van der Waals surface area contributed by atoms with Gasteiger partial charge in [-0.05, 0) is 48.1 Å². The number of fused-ring (bicyclic) bond motifs is 3. The summed E-state index contributed by atoms with van der Waals surface area (Å²) in [5.74, 6) is 0. The standard InChI is InChI=1S/C21H18N4S/c1-25-19-10-6-5-9-17(19)18-13-15(11-12-20(18)25)14-22-24-21(26)23-16-7-3-2-4-8-16/h2-14H,1H3,(H2,23,24,26). The van der Waals surface area contributed by atoms with Gasteiger partial charge in [0, 0.05) is 34.5 Å². The molecule has 2 N–H and O–H groups in total. The van der Waals surface area contributed by atoms with Crippen LogP contribution in [0.4, 0.5) is 5.69 Å². The number of hydrazone groups is 1. The van der Waals surface area contributed by atoms with Crippen LogP contribution in [0.25, 0.3) is 21.8 Å². The number of para-hydroxylation sites is 2. The smallest absolute Gasteiger partial charge is 0.191 e. The molecule has 0 radical (unpaired) electrons. The zero-order valence-corrected chi connectivity index (χ0v) is 15.1. The Kier molecular flexibility index (Phi) is 4.37. The molecule has 4 aromatic rings. The van der Waals surface area contributed by atoms with Gasteiger partial charge in [-0.3, -0.25) is 5.43 Å². The first kappa shape index (κ1) is 16.3. The summed E-state index contributed by atoms with van der Waals surface area (Å²) in [6.45, 7) is 0. The number of nitrogens with one attached hydrogen (secondary N) is 2. The second-order valence-corrected chi connectivity index (χ2v) is 6.45. The third-order valence-corrected chi connectivity index (χ3v) is 4.54. The molecule has 0 aliphatic rings. The molecule has 0 aliphatic carbocycles. The maximum absolute atomic E-state index is 5.26. The summed E-state index contributed by atoms with van der Waals surface area (Å²) in [5.41, 5.74) is 7.23. The molecule has 1 aromatic heterocycles. The molecule has 3 aromatic carbocycles. The van der Waals surface area contributed by atoms with Crippen molar-refractivity contribution >= 4 is 51.0 Å². The van der Waals surface area contributed by atoms with Gasteiger partial charge in [0.15, 0.2) is 5.11 Å². The molecule has 0 saturated carbocycles. The molecule has 0 atom stereocenters. The number of benzene rings is 3. The van der Waals surface area contributed by atoms with E-state index >= 15 is 0 Å². The quantitative estimate of drug-likeness (QED) is 0.318. The van der Waals surface area contributed by atoms with Crippen LogP contribution in [0, 0.1) is 0 Å². The summed E-state index contributed by atoms with van der Waals surface area (Å²) in [4.78, 5) is 0. The summed E-state index contributed by atoms with van der Waals surface area (Å²) >= 11 is 5.26. The highest BCUT2D eigenvalue weighted by Gasteiger charge is 2.07. The van der Waals surface area contributed by atoms with Gasteiger partial charge in [-0.2, -0.15) is 5.10 Å². The van der Waals surface area contributed by atoms with Gasteiger partial charge in [-0.15, -0.1) is 0 Å². The first-order chi connectivity index (χ1) is 12.7. The van der Waals surface area contributed by atoms with E-state index in [1.54, 1.807) is 6.21 Å². The summed E-state index contributed by atoms with van der Waals surface area (Å²) in [6, 6.07) is 24.5. The Balaban J connectivity index is 1.53. The number of anilines is 1. The van der Waals surface area contributed by atoms with Crippen molar-refractivity contribution < 1.29 is 0 Å². The Morgan fingerprint density at radius 2 is 1.65 bits per heavy atom. The van der Waals surface area contributed by atoms with Crippen LogP contribution >= 0.6 is 12.2 Å². The normalized spacial score (nSPS) is 11.3. The Morgan fingerprint density at radius 3 is 2.50 bits per heavy atom. The molecular formula is C21H18N4S. The van der Waals surface area contributed by atoms with Gasteiger partial charge in [0.2, 0.25) is 0 Å². The topological polar surface area (TPSA) is 41.4 Å². The zero-order chi connectivity index (χ0) is 17.9. The van der Waals surface area contributed by atoms with Crippen molar-refractivity contribution in [3.8, 4) is 0 Å². The number of aromatic nitrogens is 1. The molecule has 0 bridgehead atoms. The van der Waals surface area contributed by atoms with Gasteiger partial charge in [0.25, 0.3) is 0 Å². The van der Waals surface area contributed by atoms with E-state index in [0.717, 1.165) is 11.3 Å². The molecule has 0 aliphatic heterocycles. The molecule has 0 saturated heterocycles. The lowest BCUT2D eigenvalue weighted by molar-refractivity contribution is 1.01. The Hall–Kier alpha value is -3.18. The Bertz CT molecular complexity index is 1110. The molecular weight excluding hydrogens is 340 g/mol. The highest BCUT2D eigenvalue weighted by atomic mass is 32.1. The van der Waals surface area contributed by atoms with E-state index in [4.69, 9.17) is 12.2 Å². The first-order valence-electron chi connectivity index (χ1n) is 8.35. The Labute approximate surface area is 157 Å². The third kappa shape index (κ3) is 3.17. The average molecular weight is 358 g/mol. The van der Waals surface area contributed by atoms with Crippen molar-refractivity contribution in [2.45, 2.75) is 0 Å². The molecule has 0 unspecified atom stereocenters. The molecule has 26 heavy (non-hydrogen) atoms. The van der Waals surface area contributed by atoms with Gasteiger partial charge in [0.05, 0.1) is 6.21 Å². The van der Waals surface area contributed by atoms with E-state index in [9.17, 15) is 0 Å². The second kappa shape index (κ2) is 6.98. The minimum absolute atomic E-state index is 0.457. The molecule has 0 amide bonds. The van der Waals surface area contributed by atoms with Crippen LogP contribution < -0.4 is 10.7 Å². The fourth-order valence-corrected chi connectivity index (χ4v) is 3.28. The van der Waals surface area contributed by atoms with Crippen LogP contribution in [0.1, 0.15) is 5.56 Å². The van der Waals surface area contributed by atoms with E-state index < -0.39 is 0 Å². The van der Waals surface area contributed by atoms with Crippen molar-refractivity contribution in [3.63, 3.8) is 0 Å². The van der Waals surface area contributed by atoms with E-state index in [2.05, 4.69) is 69.9 Å². The lowest BCUT2D eigenvalue weighted by Crippen LogP contribution is -2.23. The van der Waals surface area contributed by atoms with Crippen LogP contribution in [-0.4, -0.2) is 15.9 Å². The van der Waals surface area contributed by atoms with Crippen molar-refractivity contribution in [2.75, 3.05) is 5.32 Å². The van der Waals surface area contributed by atoms with Gasteiger partial charge < -0.3 is 9.88 Å². The third-order valence-electron chi connectivity index (χ3n) is 4.35. The lowest BCUT2D eigenvalue weighted by atomic mass is 10.1. The number of aryl methyl sites for hydroxylation is 1. The van der Waals surface area contributed by atoms with Crippen molar-refractivity contribution in [1.82, 2.24) is 9.99 Å². The van der Waals surface area contributed by atoms with Crippen LogP contribution in [0.15, 0.2) is 77.9 Å². The number of hydrogen-bond acceptors (Lipinski definition) is 2. The molecule has 4 nitrogen and oxygen atoms in total. The largest absolute Gasteiger partial charge is 0.344 e.